The van der Waals surface area contributed by atoms with Crippen molar-refractivity contribution in [1.82, 2.24) is 19.9 Å². The molecule has 2 N–H and O–H groups in total. The maximum Gasteiger partial charge on any atom is 0.273 e. The Bertz CT molecular complexity index is 1210. The van der Waals surface area contributed by atoms with Crippen molar-refractivity contribution in [3.63, 3.8) is 0 Å². The lowest BCUT2D eigenvalue weighted by Crippen LogP contribution is -2.43. The zero-order chi connectivity index (χ0) is 23.4. The van der Waals surface area contributed by atoms with Crippen LogP contribution < -0.4 is 25.8 Å². The third-order valence-corrected chi connectivity index (χ3v) is 6.57. The molecular weight excluding hydrogens is 444 g/mol. The van der Waals surface area contributed by atoms with E-state index in [-0.39, 0.29) is 29.8 Å². The highest BCUT2D eigenvalue weighted by Gasteiger charge is 2.27. The summed E-state index contributed by atoms with van der Waals surface area (Å²) in [6.45, 7) is 3.67. The number of anilines is 2. The van der Waals surface area contributed by atoms with E-state index in [0.717, 1.165) is 19.4 Å². The lowest BCUT2D eigenvalue weighted by atomic mass is 9.97. The van der Waals surface area contributed by atoms with Crippen molar-refractivity contribution in [3.8, 4) is 5.75 Å². The summed E-state index contributed by atoms with van der Waals surface area (Å²) in [5.41, 5.74) is 0.646. The number of hydrogen-bond acceptors (Lipinski definition) is 8. The zero-order valence-electron chi connectivity index (χ0n) is 18.5. The average Bonchev–Trinajstić information content (AvgIpc) is 3.27. The van der Waals surface area contributed by atoms with Crippen molar-refractivity contribution < 1.29 is 14.3 Å². The Morgan fingerprint density at radius 3 is 2.79 bits per heavy atom. The van der Waals surface area contributed by atoms with E-state index in [0.29, 0.717) is 40.0 Å². The van der Waals surface area contributed by atoms with Crippen LogP contribution in [0.5, 0.6) is 5.75 Å². The quantitative estimate of drug-likeness (QED) is 0.541. The number of amides is 2. The van der Waals surface area contributed by atoms with Crippen LogP contribution in [0.4, 0.5) is 10.8 Å². The molecular formula is C22H26N6O4S. The minimum Gasteiger partial charge on any atom is -0.497 e. The van der Waals surface area contributed by atoms with Crippen LogP contribution >= 0.6 is 11.3 Å². The topological polar surface area (TPSA) is 118 Å². The first-order valence-corrected chi connectivity index (χ1v) is 11.6. The third-order valence-electron chi connectivity index (χ3n) is 5.47. The molecule has 3 aromatic rings. The SMILES string of the molecule is CCNC(=O)C1CCCN(c2nc3ncn(CC(=O)Nc4ccc(OC)cc4)c(=O)c3s2)C1. The largest absolute Gasteiger partial charge is 0.497 e. The molecule has 3 heterocycles. The number of ether oxygens (including phenoxy) is 1. The molecule has 33 heavy (non-hydrogen) atoms. The van der Waals surface area contributed by atoms with Crippen LogP contribution in [0, 0.1) is 5.92 Å². The van der Waals surface area contributed by atoms with Gasteiger partial charge >= 0.3 is 0 Å². The lowest BCUT2D eigenvalue weighted by molar-refractivity contribution is -0.125. The van der Waals surface area contributed by atoms with Crippen molar-refractivity contribution in [2.75, 3.05) is 37.0 Å². The van der Waals surface area contributed by atoms with Gasteiger partial charge in [-0.1, -0.05) is 11.3 Å². The molecule has 2 aromatic heterocycles. The summed E-state index contributed by atoms with van der Waals surface area (Å²) in [6, 6.07) is 6.93. The van der Waals surface area contributed by atoms with Crippen LogP contribution in [0.25, 0.3) is 10.3 Å². The number of carbonyl (C=O) groups is 2. The standard InChI is InChI=1S/C22H26N6O4S/c1-3-23-20(30)14-5-4-10-27(11-14)22-26-19-18(33-22)21(31)28(13-24-19)12-17(29)25-15-6-8-16(32-2)9-7-15/h6-9,13-14H,3-5,10-12H2,1-2H3,(H,23,30)(H,25,29). The molecule has 0 spiro atoms. The average molecular weight is 471 g/mol. The van der Waals surface area contributed by atoms with Gasteiger partial charge in [0.2, 0.25) is 11.8 Å². The number of rotatable bonds is 7. The van der Waals surface area contributed by atoms with E-state index in [9.17, 15) is 14.4 Å². The predicted molar refractivity (Wildman–Crippen MR) is 127 cm³/mol. The Kier molecular flexibility index (Phi) is 6.87. The van der Waals surface area contributed by atoms with Gasteiger partial charge in [0.25, 0.3) is 5.56 Å². The van der Waals surface area contributed by atoms with Gasteiger partial charge in [0, 0.05) is 25.3 Å². The number of nitrogens with one attached hydrogen (secondary N) is 2. The summed E-state index contributed by atoms with van der Waals surface area (Å²) in [4.78, 5) is 48.5. The van der Waals surface area contributed by atoms with Gasteiger partial charge in [0.1, 0.15) is 23.3 Å². The predicted octanol–water partition coefficient (Wildman–Crippen LogP) is 1.85. The van der Waals surface area contributed by atoms with Crippen LogP contribution in [0.2, 0.25) is 0 Å². The van der Waals surface area contributed by atoms with E-state index in [1.807, 2.05) is 11.8 Å². The number of carbonyl (C=O) groups excluding carboxylic acids is 2. The second-order valence-electron chi connectivity index (χ2n) is 7.78. The maximum atomic E-state index is 13.0. The van der Waals surface area contributed by atoms with E-state index >= 15 is 0 Å². The maximum absolute atomic E-state index is 13.0. The van der Waals surface area contributed by atoms with Crippen molar-refractivity contribution >= 4 is 44.3 Å². The van der Waals surface area contributed by atoms with Crippen LogP contribution in [-0.4, -0.2) is 53.1 Å². The molecule has 1 aliphatic heterocycles. The van der Waals surface area contributed by atoms with Gasteiger partial charge in [0.05, 0.1) is 13.0 Å². The van der Waals surface area contributed by atoms with Crippen molar-refractivity contribution in [2.24, 2.45) is 5.92 Å². The number of piperidine rings is 1. The molecule has 0 saturated carbocycles. The molecule has 11 heteroatoms. The summed E-state index contributed by atoms with van der Waals surface area (Å²) in [7, 11) is 1.57. The summed E-state index contributed by atoms with van der Waals surface area (Å²) < 4.78 is 6.77. The van der Waals surface area contributed by atoms with Crippen LogP contribution in [-0.2, 0) is 16.1 Å². The molecule has 1 unspecified atom stereocenters. The molecule has 0 bridgehead atoms. The van der Waals surface area contributed by atoms with E-state index in [2.05, 4.69) is 20.6 Å². The second kappa shape index (κ2) is 9.99. The van der Waals surface area contributed by atoms with Gasteiger partial charge in [-0.05, 0) is 44.0 Å². The van der Waals surface area contributed by atoms with Crippen molar-refractivity contribution in [1.29, 1.82) is 0 Å². The zero-order valence-corrected chi connectivity index (χ0v) is 19.4. The summed E-state index contributed by atoms with van der Waals surface area (Å²) in [5, 5.41) is 6.31. The summed E-state index contributed by atoms with van der Waals surface area (Å²) in [6.07, 6.45) is 3.05. The number of benzene rings is 1. The number of nitrogens with zero attached hydrogens (tertiary/aromatic N) is 4. The third kappa shape index (κ3) is 5.14. The molecule has 0 radical (unpaired) electrons. The fraction of sp³-hybridized carbons (Fsp3) is 0.409. The molecule has 2 amide bonds. The number of fused-ring (bicyclic) bond motifs is 1. The Labute approximate surface area is 194 Å². The van der Waals surface area contributed by atoms with E-state index < -0.39 is 0 Å². The molecule has 174 valence electrons. The molecule has 10 nitrogen and oxygen atoms in total. The summed E-state index contributed by atoms with van der Waals surface area (Å²) >= 11 is 1.25. The highest BCUT2D eigenvalue weighted by atomic mass is 32.1. The van der Waals surface area contributed by atoms with Gasteiger partial charge in [0.15, 0.2) is 10.8 Å². The van der Waals surface area contributed by atoms with Crippen LogP contribution in [0.15, 0.2) is 35.4 Å². The first-order valence-electron chi connectivity index (χ1n) is 10.8. The van der Waals surface area contributed by atoms with Crippen molar-refractivity contribution in [3.05, 3.63) is 40.9 Å². The minimum atomic E-state index is -0.339. The number of methoxy groups -OCH3 is 1. The second-order valence-corrected chi connectivity index (χ2v) is 8.76. The van der Waals surface area contributed by atoms with Gasteiger partial charge in [-0.15, -0.1) is 0 Å². The number of thiazole rings is 1. The van der Waals surface area contributed by atoms with Crippen LogP contribution in [0.1, 0.15) is 19.8 Å². The molecule has 0 aliphatic carbocycles. The van der Waals surface area contributed by atoms with Gasteiger partial charge in [-0.2, -0.15) is 4.98 Å². The Balaban J connectivity index is 1.48. The number of hydrogen-bond donors (Lipinski definition) is 2. The smallest absolute Gasteiger partial charge is 0.273 e. The molecule has 4 rings (SSSR count). The Morgan fingerprint density at radius 1 is 1.27 bits per heavy atom. The normalized spacial score (nSPS) is 15.9. The van der Waals surface area contributed by atoms with E-state index in [1.54, 1.807) is 31.4 Å². The minimum absolute atomic E-state index is 0.0478. The molecule has 1 aliphatic rings. The van der Waals surface area contributed by atoms with E-state index in [1.165, 1.54) is 22.2 Å². The molecule has 1 aromatic carbocycles. The summed E-state index contributed by atoms with van der Waals surface area (Å²) in [5.74, 6) is 0.295. The molecule has 1 atom stereocenters. The Hall–Kier alpha value is -3.47. The monoisotopic (exact) mass is 470 g/mol. The van der Waals surface area contributed by atoms with Gasteiger partial charge in [-0.3, -0.25) is 19.0 Å². The first-order chi connectivity index (χ1) is 16.0. The fourth-order valence-electron chi connectivity index (χ4n) is 3.80. The highest BCUT2D eigenvalue weighted by Crippen LogP contribution is 2.29. The molecule has 1 saturated heterocycles. The van der Waals surface area contributed by atoms with Crippen LogP contribution in [0.3, 0.4) is 0 Å². The van der Waals surface area contributed by atoms with Gasteiger partial charge < -0.3 is 20.3 Å². The fourth-order valence-corrected chi connectivity index (χ4v) is 4.80. The first kappa shape index (κ1) is 22.7. The van der Waals surface area contributed by atoms with Gasteiger partial charge in [-0.25, -0.2) is 4.98 Å². The molecule has 1 fully saturated rings. The van der Waals surface area contributed by atoms with E-state index in [4.69, 9.17) is 4.74 Å². The lowest BCUT2D eigenvalue weighted by Gasteiger charge is -2.31. The Morgan fingerprint density at radius 2 is 2.06 bits per heavy atom. The van der Waals surface area contributed by atoms with Crippen molar-refractivity contribution in [2.45, 2.75) is 26.3 Å². The number of aromatic nitrogens is 3. The highest BCUT2D eigenvalue weighted by molar-refractivity contribution is 7.22.